The highest BCUT2D eigenvalue weighted by molar-refractivity contribution is 9.10. The van der Waals surface area contributed by atoms with Gasteiger partial charge in [-0.05, 0) is 48.7 Å². The van der Waals surface area contributed by atoms with Crippen LogP contribution < -0.4 is 5.32 Å². The van der Waals surface area contributed by atoms with Crippen LogP contribution in [0.2, 0.25) is 5.02 Å². The molecule has 0 spiro atoms. The van der Waals surface area contributed by atoms with Crippen molar-refractivity contribution >= 4 is 27.5 Å². The molecule has 0 aliphatic heterocycles. The zero-order valence-corrected chi connectivity index (χ0v) is 13.4. The lowest BCUT2D eigenvalue weighted by Crippen LogP contribution is -2.18. The monoisotopic (exact) mass is 337 g/mol. The first-order chi connectivity index (χ1) is 9.06. The van der Waals surface area contributed by atoms with E-state index in [4.69, 9.17) is 11.6 Å². The van der Waals surface area contributed by atoms with Gasteiger partial charge in [0, 0.05) is 22.1 Å². The smallest absolute Gasteiger partial charge is 0.0453 e. The van der Waals surface area contributed by atoms with E-state index in [1.54, 1.807) is 0 Å². The van der Waals surface area contributed by atoms with Gasteiger partial charge in [0.05, 0.1) is 0 Å². The zero-order valence-electron chi connectivity index (χ0n) is 11.1. The molecule has 1 N–H and O–H groups in total. The number of aryl methyl sites for hydroxylation is 1. The van der Waals surface area contributed by atoms with Crippen molar-refractivity contribution in [3.63, 3.8) is 0 Å². The van der Waals surface area contributed by atoms with Crippen molar-refractivity contribution in [2.45, 2.75) is 26.4 Å². The van der Waals surface area contributed by atoms with Crippen LogP contribution in [0.3, 0.4) is 0 Å². The Bertz CT molecular complexity index is 551. The Morgan fingerprint density at radius 2 is 1.84 bits per heavy atom. The van der Waals surface area contributed by atoms with Crippen molar-refractivity contribution in [2.75, 3.05) is 0 Å². The summed E-state index contributed by atoms with van der Waals surface area (Å²) in [4.78, 5) is 0. The van der Waals surface area contributed by atoms with Gasteiger partial charge < -0.3 is 5.32 Å². The van der Waals surface area contributed by atoms with E-state index in [1.807, 2.05) is 13.0 Å². The van der Waals surface area contributed by atoms with E-state index in [0.29, 0.717) is 6.04 Å². The SMILES string of the molecule is Cc1ccc(CNC(C)c2ccc(Br)cc2)c(Cl)c1. The third-order valence-electron chi connectivity index (χ3n) is 3.18. The summed E-state index contributed by atoms with van der Waals surface area (Å²) in [6.07, 6.45) is 0. The number of nitrogens with one attached hydrogen (secondary N) is 1. The van der Waals surface area contributed by atoms with Crippen LogP contribution in [0, 0.1) is 6.92 Å². The maximum Gasteiger partial charge on any atom is 0.0453 e. The molecular weight excluding hydrogens is 322 g/mol. The highest BCUT2D eigenvalue weighted by Gasteiger charge is 2.06. The first-order valence-electron chi connectivity index (χ1n) is 6.30. The Balaban J connectivity index is 2.00. The van der Waals surface area contributed by atoms with E-state index in [9.17, 15) is 0 Å². The summed E-state index contributed by atoms with van der Waals surface area (Å²) in [5.74, 6) is 0. The van der Waals surface area contributed by atoms with Gasteiger partial charge in [-0.25, -0.2) is 0 Å². The molecule has 0 aliphatic rings. The summed E-state index contributed by atoms with van der Waals surface area (Å²) in [5.41, 5.74) is 3.59. The number of rotatable bonds is 4. The predicted molar refractivity (Wildman–Crippen MR) is 85.6 cm³/mol. The summed E-state index contributed by atoms with van der Waals surface area (Å²) < 4.78 is 1.10. The lowest BCUT2D eigenvalue weighted by molar-refractivity contribution is 0.574. The number of hydrogen-bond acceptors (Lipinski definition) is 1. The van der Waals surface area contributed by atoms with Gasteiger partial charge >= 0.3 is 0 Å². The van der Waals surface area contributed by atoms with Crippen molar-refractivity contribution in [1.82, 2.24) is 5.32 Å². The Hall–Kier alpha value is -0.830. The number of benzene rings is 2. The van der Waals surface area contributed by atoms with Gasteiger partial charge in [-0.1, -0.05) is 51.8 Å². The molecule has 3 heteroatoms. The second-order valence-corrected chi connectivity index (χ2v) is 6.07. The summed E-state index contributed by atoms with van der Waals surface area (Å²) in [7, 11) is 0. The molecule has 0 fully saturated rings. The molecule has 100 valence electrons. The third-order valence-corrected chi connectivity index (χ3v) is 4.06. The van der Waals surface area contributed by atoms with Crippen molar-refractivity contribution in [1.29, 1.82) is 0 Å². The van der Waals surface area contributed by atoms with Crippen molar-refractivity contribution in [2.24, 2.45) is 0 Å². The third kappa shape index (κ3) is 4.07. The van der Waals surface area contributed by atoms with Crippen LogP contribution in [-0.2, 0) is 6.54 Å². The molecule has 0 aliphatic carbocycles. The fourth-order valence-corrected chi connectivity index (χ4v) is 2.49. The van der Waals surface area contributed by atoms with Crippen LogP contribution in [-0.4, -0.2) is 0 Å². The molecule has 0 bridgehead atoms. The molecule has 2 rings (SSSR count). The van der Waals surface area contributed by atoms with E-state index < -0.39 is 0 Å². The molecular formula is C16H17BrClN. The van der Waals surface area contributed by atoms with E-state index in [2.05, 4.69) is 64.6 Å². The van der Waals surface area contributed by atoms with Crippen LogP contribution in [0.1, 0.15) is 29.7 Å². The van der Waals surface area contributed by atoms with E-state index in [0.717, 1.165) is 21.6 Å². The van der Waals surface area contributed by atoms with Crippen LogP contribution in [0.5, 0.6) is 0 Å². The minimum atomic E-state index is 0.297. The van der Waals surface area contributed by atoms with Crippen molar-refractivity contribution in [3.8, 4) is 0 Å². The molecule has 19 heavy (non-hydrogen) atoms. The van der Waals surface area contributed by atoms with Crippen LogP contribution >= 0.6 is 27.5 Å². The summed E-state index contributed by atoms with van der Waals surface area (Å²) in [6.45, 7) is 4.98. The van der Waals surface area contributed by atoms with Gasteiger partial charge in [0.2, 0.25) is 0 Å². The van der Waals surface area contributed by atoms with Gasteiger partial charge in [0.15, 0.2) is 0 Å². The molecule has 2 aromatic rings. The normalized spacial score (nSPS) is 12.4. The molecule has 1 nitrogen and oxygen atoms in total. The standard InChI is InChI=1S/C16H17BrClN/c1-11-3-4-14(16(18)9-11)10-19-12(2)13-5-7-15(17)8-6-13/h3-9,12,19H,10H2,1-2H3. The molecule has 1 unspecified atom stereocenters. The molecule has 2 aromatic carbocycles. The second-order valence-electron chi connectivity index (χ2n) is 4.75. The minimum Gasteiger partial charge on any atom is -0.306 e. The Kier molecular flexibility index (Phi) is 5.03. The van der Waals surface area contributed by atoms with Crippen LogP contribution in [0.15, 0.2) is 46.9 Å². The van der Waals surface area contributed by atoms with E-state index >= 15 is 0 Å². The van der Waals surface area contributed by atoms with Gasteiger partial charge in [-0.2, -0.15) is 0 Å². The predicted octanol–water partition coefficient (Wildman–Crippen LogP) is 5.26. The van der Waals surface area contributed by atoms with Crippen molar-refractivity contribution < 1.29 is 0 Å². The lowest BCUT2D eigenvalue weighted by atomic mass is 10.1. The molecule has 0 saturated carbocycles. The second kappa shape index (κ2) is 6.56. The van der Waals surface area contributed by atoms with E-state index in [-0.39, 0.29) is 0 Å². The Morgan fingerprint density at radius 1 is 1.16 bits per heavy atom. The lowest BCUT2D eigenvalue weighted by Gasteiger charge is -2.15. The van der Waals surface area contributed by atoms with Crippen molar-refractivity contribution in [3.05, 3.63) is 68.7 Å². The highest BCUT2D eigenvalue weighted by Crippen LogP contribution is 2.20. The minimum absolute atomic E-state index is 0.297. The fourth-order valence-electron chi connectivity index (χ4n) is 1.93. The summed E-state index contributed by atoms with van der Waals surface area (Å²) in [5, 5.41) is 4.32. The van der Waals surface area contributed by atoms with E-state index in [1.165, 1.54) is 11.1 Å². The number of hydrogen-bond donors (Lipinski definition) is 1. The largest absolute Gasteiger partial charge is 0.306 e. The average molecular weight is 339 g/mol. The van der Waals surface area contributed by atoms with Crippen LogP contribution in [0.4, 0.5) is 0 Å². The zero-order chi connectivity index (χ0) is 13.8. The average Bonchev–Trinajstić information content (AvgIpc) is 2.38. The molecule has 0 heterocycles. The Morgan fingerprint density at radius 3 is 2.47 bits per heavy atom. The molecule has 0 amide bonds. The topological polar surface area (TPSA) is 12.0 Å². The molecule has 0 radical (unpaired) electrons. The first kappa shape index (κ1) is 14.6. The summed E-state index contributed by atoms with van der Waals surface area (Å²) >= 11 is 9.68. The van der Waals surface area contributed by atoms with Crippen LogP contribution in [0.25, 0.3) is 0 Å². The van der Waals surface area contributed by atoms with Gasteiger partial charge in [0.25, 0.3) is 0 Å². The molecule has 0 saturated heterocycles. The number of halogens is 2. The maximum absolute atomic E-state index is 6.23. The maximum atomic E-state index is 6.23. The highest BCUT2D eigenvalue weighted by atomic mass is 79.9. The van der Waals surface area contributed by atoms with Gasteiger partial charge in [-0.15, -0.1) is 0 Å². The fraction of sp³-hybridized carbons (Fsp3) is 0.250. The van der Waals surface area contributed by atoms with Gasteiger partial charge in [0.1, 0.15) is 0 Å². The first-order valence-corrected chi connectivity index (χ1v) is 7.47. The Labute approximate surface area is 128 Å². The quantitative estimate of drug-likeness (QED) is 0.801. The van der Waals surface area contributed by atoms with Gasteiger partial charge in [-0.3, -0.25) is 0 Å². The summed E-state index contributed by atoms with van der Waals surface area (Å²) in [6, 6.07) is 14.8. The molecule has 0 aromatic heterocycles. The molecule has 1 atom stereocenters.